The van der Waals surface area contributed by atoms with Crippen molar-refractivity contribution in [3.05, 3.63) is 16.1 Å². The topological polar surface area (TPSA) is 68.0 Å². The Morgan fingerprint density at radius 1 is 1.53 bits per heavy atom. The van der Waals surface area contributed by atoms with E-state index in [9.17, 15) is 4.79 Å². The van der Waals surface area contributed by atoms with Crippen LogP contribution in [0.25, 0.3) is 0 Å². The van der Waals surface area contributed by atoms with Crippen LogP contribution in [-0.2, 0) is 11.2 Å². The van der Waals surface area contributed by atoms with Gasteiger partial charge in [0.05, 0.1) is 10.5 Å². The highest BCUT2D eigenvalue weighted by Gasteiger charge is 2.20. The first-order valence-corrected chi connectivity index (χ1v) is 6.76. The number of nitrogens with one attached hydrogen (secondary N) is 1. The summed E-state index contributed by atoms with van der Waals surface area (Å²) in [6.45, 7) is 6.11. The van der Waals surface area contributed by atoms with E-state index in [2.05, 4.69) is 15.7 Å². The molecule has 17 heavy (non-hydrogen) atoms. The molecule has 0 bridgehead atoms. The summed E-state index contributed by atoms with van der Waals surface area (Å²) in [5.41, 5.74) is 5.97. The summed E-state index contributed by atoms with van der Waals surface area (Å²) in [6.07, 6.45) is 2.99. The fourth-order valence-corrected chi connectivity index (χ4v) is 2.17. The maximum absolute atomic E-state index is 11.5. The number of hydrogen-bond acceptors (Lipinski definition) is 4. The van der Waals surface area contributed by atoms with E-state index in [1.807, 2.05) is 6.92 Å². The molecule has 5 heteroatoms. The fraction of sp³-hybridized carbons (Fsp3) is 0.667. The molecule has 1 amide bonds. The second kappa shape index (κ2) is 6.12. The van der Waals surface area contributed by atoms with E-state index in [1.165, 1.54) is 5.01 Å². The van der Waals surface area contributed by atoms with E-state index in [-0.39, 0.29) is 5.91 Å². The Morgan fingerprint density at radius 2 is 2.24 bits per heavy atom. The van der Waals surface area contributed by atoms with Crippen LogP contribution in [-0.4, -0.2) is 23.0 Å². The molecule has 0 aliphatic carbocycles. The molecule has 0 unspecified atom stereocenters. The van der Waals surface area contributed by atoms with Crippen molar-refractivity contribution >= 4 is 17.2 Å². The van der Waals surface area contributed by atoms with Crippen molar-refractivity contribution in [3.63, 3.8) is 0 Å². The van der Waals surface area contributed by atoms with E-state index in [1.54, 1.807) is 25.2 Å². The highest BCUT2D eigenvalue weighted by Crippen LogP contribution is 2.11. The third-order valence-corrected chi connectivity index (χ3v) is 3.38. The number of aryl methyl sites for hydroxylation is 2. The molecule has 0 aliphatic heterocycles. The quantitative estimate of drug-likeness (QED) is 0.759. The van der Waals surface area contributed by atoms with Crippen LogP contribution < -0.4 is 11.1 Å². The predicted octanol–water partition coefficient (Wildman–Crippen LogP) is 1.63. The summed E-state index contributed by atoms with van der Waals surface area (Å²) in [4.78, 5) is 15.8. The molecule has 4 nitrogen and oxygen atoms in total. The number of carbonyl (C=O) groups excluding carboxylic acids is 1. The second-order valence-electron chi connectivity index (χ2n) is 4.82. The number of aromatic nitrogens is 1. The van der Waals surface area contributed by atoms with Gasteiger partial charge >= 0.3 is 0 Å². The molecule has 3 N–H and O–H groups in total. The second-order valence-corrected chi connectivity index (χ2v) is 5.76. The zero-order valence-electron chi connectivity index (χ0n) is 10.7. The number of amides is 1. The first kappa shape index (κ1) is 14.1. The highest BCUT2D eigenvalue weighted by molar-refractivity contribution is 7.09. The van der Waals surface area contributed by atoms with Gasteiger partial charge in [0.25, 0.3) is 0 Å². The van der Waals surface area contributed by atoms with Crippen molar-refractivity contribution in [2.75, 3.05) is 6.54 Å². The first-order valence-electron chi connectivity index (χ1n) is 5.88. The highest BCUT2D eigenvalue weighted by atomic mass is 32.1. The summed E-state index contributed by atoms with van der Waals surface area (Å²) >= 11 is 1.70. The van der Waals surface area contributed by atoms with Gasteiger partial charge < -0.3 is 11.1 Å². The predicted molar refractivity (Wildman–Crippen MR) is 71.1 cm³/mol. The molecular formula is C12H21N3OS. The molecule has 0 saturated heterocycles. The number of hydrogen-bond donors (Lipinski definition) is 2. The Labute approximate surface area is 107 Å². The monoisotopic (exact) mass is 255 g/mol. The Bertz CT molecular complexity index is 368. The summed E-state index contributed by atoms with van der Waals surface area (Å²) in [5, 5.41) is 6.07. The van der Waals surface area contributed by atoms with Crippen molar-refractivity contribution in [1.82, 2.24) is 10.3 Å². The van der Waals surface area contributed by atoms with Gasteiger partial charge in [0.15, 0.2) is 0 Å². The SMILES string of the molecule is Cc1csc(CCCCNC(=O)C(C)(C)N)n1. The van der Waals surface area contributed by atoms with Crippen LogP contribution in [0.15, 0.2) is 5.38 Å². The van der Waals surface area contributed by atoms with Gasteiger partial charge in [-0.1, -0.05) is 0 Å². The van der Waals surface area contributed by atoms with E-state index in [0.29, 0.717) is 6.54 Å². The summed E-state index contributed by atoms with van der Waals surface area (Å²) < 4.78 is 0. The van der Waals surface area contributed by atoms with Crippen LogP contribution in [0.2, 0.25) is 0 Å². The molecule has 0 atom stereocenters. The molecular weight excluding hydrogens is 234 g/mol. The van der Waals surface area contributed by atoms with Crippen LogP contribution in [0.4, 0.5) is 0 Å². The molecule has 1 heterocycles. The number of unbranched alkanes of at least 4 members (excludes halogenated alkanes) is 1. The van der Waals surface area contributed by atoms with E-state index in [0.717, 1.165) is 25.0 Å². The van der Waals surface area contributed by atoms with Gasteiger partial charge in [0.2, 0.25) is 5.91 Å². The maximum atomic E-state index is 11.5. The Balaban J connectivity index is 2.11. The number of nitrogens with zero attached hydrogens (tertiary/aromatic N) is 1. The van der Waals surface area contributed by atoms with Crippen LogP contribution in [0.5, 0.6) is 0 Å². The summed E-state index contributed by atoms with van der Waals surface area (Å²) in [6, 6.07) is 0. The third kappa shape index (κ3) is 5.28. The molecule has 0 aliphatic rings. The smallest absolute Gasteiger partial charge is 0.239 e. The minimum Gasteiger partial charge on any atom is -0.355 e. The molecule has 1 aromatic rings. The lowest BCUT2D eigenvalue weighted by molar-refractivity contribution is -0.125. The number of thiazole rings is 1. The molecule has 1 aromatic heterocycles. The molecule has 96 valence electrons. The van der Waals surface area contributed by atoms with Gasteiger partial charge in [-0.2, -0.15) is 0 Å². The Morgan fingerprint density at radius 3 is 2.76 bits per heavy atom. The van der Waals surface area contributed by atoms with Crippen LogP contribution in [0, 0.1) is 6.92 Å². The van der Waals surface area contributed by atoms with Gasteiger partial charge in [-0.15, -0.1) is 11.3 Å². The van der Waals surface area contributed by atoms with Crippen molar-refractivity contribution in [2.45, 2.75) is 45.6 Å². The van der Waals surface area contributed by atoms with Crippen molar-refractivity contribution in [2.24, 2.45) is 5.73 Å². The zero-order valence-corrected chi connectivity index (χ0v) is 11.6. The van der Waals surface area contributed by atoms with E-state index >= 15 is 0 Å². The lowest BCUT2D eigenvalue weighted by atomic mass is 10.1. The molecule has 0 fully saturated rings. The van der Waals surface area contributed by atoms with E-state index in [4.69, 9.17) is 5.73 Å². The minimum absolute atomic E-state index is 0.0948. The zero-order chi connectivity index (χ0) is 12.9. The van der Waals surface area contributed by atoms with Gasteiger partial charge in [-0.3, -0.25) is 4.79 Å². The lowest BCUT2D eigenvalue weighted by Crippen LogP contribution is -2.49. The normalized spacial score (nSPS) is 11.5. The van der Waals surface area contributed by atoms with Crippen molar-refractivity contribution in [3.8, 4) is 0 Å². The Kier molecular flexibility index (Phi) is 5.08. The average Bonchev–Trinajstić information content (AvgIpc) is 2.62. The van der Waals surface area contributed by atoms with Gasteiger partial charge in [-0.25, -0.2) is 4.98 Å². The Hall–Kier alpha value is -0.940. The average molecular weight is 255 g/mol. The maximum Gasteiger partial charge on any atom is 0.239 e. The summed E-state index contributed by atoms with van der Waals surface area (Å²) in [5.74, 6) is -0.0948. The third-order valence-electron chi connectivity index (χ3n) is 2.35. The van der Waals surface area contributed by atoms with Gasteiger partial charge in [0.1, 0.15) is 0 Å². The van der Waals surface area contributed by atoms with E-state index < -0.39 is 5.54 Å². The van der Waals surface area contributed by atoms with Crippen molar-refractivity contribution < 1.29 is 4.79 Å². The fourth-order valence-electron chi connectivity index (χ4n) is 1.35. The largest absolute Gasteiger partial charge is 0.355 e. The van der Waals surface area contributed by atoms with Crippen molar-refractivity contribution in [1.29, 1.82) is 0 Å². The lowest BCUT2D eigenvalue weighted by Gasteiger charge is -2.17. The molecule has 0 aromatic carbocycles. The van der Waals surface area contributed by atoms with Gasteiger partial charge in [-0.05, 0) is 40.0 Å². The number of carbonyl (C=O) groups is 1. The van der Waals surface area contributed by atoms with Gasteiger partial charge in [0, 0.05) is 17.6 Å². The minimum atomic E-state index is -0.785. The van der Waals surface area contributed by atoms with Crippen LogP contribution in [0.3, 0.4) is 0 Å². The molecule has 0 saturated carbocycles. The molecule has 0 radical (unpaired) electrons. The number of rotatable bonds is 6. The standard InChI is InChI=1S/C12H21N3OS/c1-9-8-17-10(15-9)6-4-5-7-14-11(16)12(2,3)13/h8H,4-7,13H2,1-3H3,(H,14,16). The first-order chi connectivity index (χ1) is 7.89. The van der Waals surface area contributed by atoms with Crippen LogP contribution in [0.1, 0.15) is 37.4 Å². The summed E-state index contributed by atoms with van der Waals surface area (Å²) in [7, 11) is 0. The molecule has 1 rings (SSSR count). The molecule has 0 spiro atoms. The number of nitrogens with two attached hydrogens (primary N) is 1. The van der Waals surface area contributed by atoms with Crippen LogP contribution >= 0.6 is 11.3 Å².